The fourth-order valence-corrected chi connectivity index (χ4v) is 3.71. The Morgan fingerprint density at radius 1 is 0.969 bits per heavy atom. The summed E-state index contributed by atoms with van der Waals surface area (Å²) in [5, 5.41) is 2.90. The fourth-order valence-electron chi connectivity index (χ4n) is 3.71. The van der Waals surface area contributed by atoms with Gasteiger partial charge < -0.3 is 9.73 Å². The topological polar surface area (TPSA) is 73.0 Å². The molecule has 6 heteroatoms. The van der Waals surface area contributed by atoms with Gasteiger partial charge in [0, 0.05) is 17.4 Å². The third kappa shape index (κ3) is 4.03. The lowest BCUT2D eigenvalue weighted by atomic mass is 10.1. The minimum atomic E-state index is -0.0495. The highest BCUT2D eigenvalue weighted by Crippen LogP contribution is 2.27. The first-order valence-electron chi connectivity index (χ1n) is 10.5. The van der Waals surface area contributed by atoms with Gasteiger partial charge in [0.2, 0.25) is 5.91 Å². The van der Waals surface area contributed by atoms with Crippen molar-refractivity contribution in [2.24, 2.45) is 0 Å². The van der Waals surface area contributed by atoms with Crippen LogP contribution in [0, 0.1) is 6.92 Å². The SMILES string of the molecule is Cc1ccc(CNC(=O)Cc2ccc(-n3c(-c4ccccc4)nc4cccnc43)cc2)o1. The number of hydrogen-bond donors (Lipinski definition) is 1. The highest BCUT2D eigenvalue weighted by molar-refractivity contribution is 5.80. The molecule has 0 saturated carbocycles. The zero-order chi connectivity index (χ0) is 21.9. The van der Waals surface area contributed by atoms with Gasteiger partial charge in [0.25, 0.3) is 0 Å². The molecular formula is C26H22N4O2. The van der Waals surface area contributed by atoms with Crippen LogP contribution in [0.5, 0.6) is 0 Å². The van der Waals surface area contributed by atoms with Gasteiger partial charge in [0.05, 0.1) is 13.0 Å². The number of nitrogens with zero attached hydrogens (tertiary/aromatic N) is 3. The van der Waals surface area contributed by atoms with Gasteiger partial charge in [-0.1, -0.05) is 42.5 Å². The van der Waals surface area contributed by atoms with E-state index < -0.39 is 0 Å². The van der Waals surface area contributed by atoms with E-state index in [1.54, 1.807) is 6.20 Å². The number of hydrogen-bond acceptors (Lipinski definition) is 4. The van der Waals surface area contributed by atoms with Crippen LogP contribution in [0.1, 0.15) is 17.1 Å². The van der Waals surface area contributed by atoms with E-state index in [0.717, 1.165) is 45.3 Å². The zero-order valence-corrected chi connectivity index (χ0v) is 17.7. The number of pyridine rings is 1. The Balaban J connectivity index is 1.39. The van der Waals surface area contributed by atoms with Crippen LogP contribution in [0.2, 0.25) is 0 Å². The van der Waals surface area contributed by atoms with E-state index in [0.29, 0.717) is 13.0 Å². The normalized spacial score (nSPS) is 11.0. The van der Waals surface area contributed by atoms with Crippen molar-refractivity contribution in [2.45, 2.75) is 19.9 Å². The average Bonchev–Trinajstić information content (AvgIpc) is 3.42. The van der Waals surface area contributed by atoms with Crippen LogP contribution in [-0.2, 0) is 17.8 Å². The van der Waals surface area contributed by atoms with Crippen LogP contribution in [-0.4, -0.2) is 20.4 Å². The zero-order valence-electron chi connectivity index (χ0n) is 17.7. The fraction of sp³-hybridized carbons (Fsp3) is 0.115. The van der Waals surface area contributed by atoms with Crippen LogP contribution < -0.4 is 5.32 Å². The monoisotopic (exact) mass is 422 g/mol. The second-order valence-electron chi connectivity index (χ2n) is 7.62. The molecule has 0 radical (unpaired) electrons. The molecule has 2 aromatic carbocycles. The highest BCUT2D eigenvalue weighted by atomic mass is 16.3. The summed E-state index contributed by atoms with van der Waals surface area (Å²) in [6.07, 6.45) is 2.07. The van der Waals surface area contributed by atoms with Crippen LogP contribution in [0.4, 0.5) is 0 Å². The van der Waals surface area contributed by atoms with Gasteiger partial charge in [-0.25, -0.2) is 9.97 Å². The molecule has 5 rings (SSSR count). The van der Waals surface area contributed by atoms with Gasteiger partial charge in [-0.05, 0) is 48.9 Å². The van der Waals surface area contributed by atoms with Crippen molar-refractivity contribution < 1.29 is 9.21 Å². The summed E-state index contributed by atoms with van der Waals surface area (Å²) in [6.45, 7) is 2.27. The van der Waals surface area contributed by atoms with Crippen molar-refractivity contribution >= 4 is 17.1 Å². The molecule has 158 valence electrons. The van der Waals surface area contributed by atoms with Gasteiger partial charge in [-0.15, -0.1) is 0 Å². The van der Waals surface area contributed by atoms with E-state index in [2.05, 4.69) is 10.3 Å². The minimum absolute atomic E-state index is 0.0495. The molecule has 5 aromatic rings. The Morgan fingerprint density at radius 3 is 2.53 bits per heavy atom. The quantitative estimate of drug-likeness (QED) is 0.425. The Morgan fingerprint density at radius 2 is 1.78 bits per heavy atom. The predicted octanol–water partition coefficient (Wildman–Crippen LogP) is 4.85. The van der Waals surface area contributed by atoms with Crippen LogP contribution >= 0.6 is 0 Å². The molecule has 0 aliphatic rings. The average molecular weight is 422 g/mol. The summed E-state index contributed by atoms with van der Waals surface area (Å²) in [6, 6.07) is 25.6. The van der Waals surface area contributed by atoms with Gasteiger partial charge in [0.1, 0.15) is 22.9 Å². The van der Waals surface area contributed by atoms with E-state index in [4.69, 9.17) is 9.40 Å². The Hall–Kier alpha value is -4.19. The molecule has 0 atom stereocenters. The number of carbonyl (C=O) groups excluding carboxylic acids is 1. The third-order valence-corrected chi connectivity index (χ3v) is 5.26. The maximum atomic E-state index is 12.3. The van der Waals surface area contributed by atoms with E-state index in [-0.39, 0.29) is 5.91 Å². The molecule has 0 aliphatic heterocycles. The number of benzene rings is 2. The van der Waals surface area contributed by atoms with Gasteiger partial charge in [-0.3, -0.25) is 9.36 Å². The van der Waals surface area contributed by atoms with Crippen LogP contribution in [0.3, 0.4) is 0 Å². The summed E-state index contributed by atoms with van der Waals surface area (Å²) in [4.78, 5) is 21.7. The second-order valence-corrected chi connectivity index (χ2v) is 7.62. The summed E-state index contributed by atoms with van der Waals surface area (Å²) >= 11 is 0. The molecule has 0 saturated heterocycles. The Kier molecular flexibility index (Phi) is 5.25. The van der Waals surface area contributed by atoms with Crippen LogP contribution in [0.15, 0.2) is 89.5 Å². The number of aryl methyl sites for hydroxylation is 1. The first-order chi connectivity index (χ1) is 15.7. The molecule has 6 nitrogen and oxygen atoms in total. The van der Waals surface area contributed by atoms with Gasteiger partial charge >= 0.3 is 0 Å². The molecule has 1 N–H and O–H groups in total. The maximum Gasteiger partial charge on any atom is 0.224 e. The van der Waals surface area contributed by atoms with Crippen LogP contribution in [0.25, 0.3) is 28.2 Å². The van der Waals surface area contributed by atoms with Gasteiger partial charge in [0.15, 0.2) is 5.65 Å². The molecule has 0 aliphatic carbocycles. The molecule has 1 amide bonds. The number of imidazole rings is 1. The maximum absolute atomic E-state index is 12.3. The number of carbonyl (C=O) groups is 1. The van der Waals surface area contributed by atoms with Crippen molar-refractivity contribution in [2.75, 3.05) is 0 Å². The number of amides is 1. The van der Waals surface area contributed by atoms with Gasteiger partial charge in [-0.2, -0.15) is 0 Å². The summed E-state index contributed by atoms with van der Waals surface area (Å²) in [5.74, 6) is 2.37. The lowest BCUT2D eigenvalue weighted by Crippen LogP contribution is -2.24. The molecule has 0 spiro atoms. The molecule has 3 heterocycles. The minimum Gasteiger partial charge on any atom is -0.465 e. The third-order valence-electron chi connectivity index (χ3n) is 5.26. The lowest BCUT2D eigenvalue weighted by Gasteiger charge is -2.10. The first kappa shape index (κ1) is 19.8. The summed E-state index contributed by atoms with van der Waals surface area (Å²) in [7, 11) is 0. The largest absolute Gasteiger partial charge is 0.465 e. The van der Waals surface area contributed by atoms with E-state index >= 15 is 0 Å². The lowest BCUT2D eigenvalue weighted by molar-refractivity contribution is -0.120. The Bertz CT molecular complexity index is 1370. The molecule has 0 unspecified atom stereocenters. The summed E-state index contributed by atoms with van der Waals surface area (Å²) in [5.41, 5.74) is 4.52. The molecule has 3 aromatic heterocycles. The van der Waals surface area contributed by atoms with E-state index in [1.165, 1.54) is 0 Å². The molecule has 0 bridgehead atoms. The van der Waals surface area contributed by atoms with Crippen molar-refractivity contribution in [1.82, 2.24) is 19.9 Å². The first-order valence-corrected chi connectivity index (χ1v) is 10.5. The second kappa shape index (κ2) is 8.51. The highest BCUT2D eigenvalue weighted by Gasteiger charge is 2.15. The van der Waals surface area contributed by atoms with Crippen molar-refractivity contribution in [3.8, 4) is 17.1 Å². The number of nitrogens with one attached hydrogen (secondary N) is 1. The smallest absolute Gasteiger partial charge is 0.224 e. The van der Waals surface area contributed by atoms with E-state index in [9.17, 15) is 4.79 Å². The standard InChI is InChI=1S/C26H22N4O2/c1-18-9-14-22(32-18)17-28-24(31)16-19-10-12-21(13-11-19)30-25(20-6-3-2-4-7-20)29-23-8-5-15-27-26(23)30/h2-15H,16-17H2,1H3,(H,28,31). The molecular weight excluding hydrogens is 400 g/mol. The van der Waals surface area contributed by atoms with Crippen molar-refractivity contribution in [3.63, 3.8) is 0 Å². The van der Waals surface area contributed by atoms with Crippen molar-refractivity contribution in [1.29, 1.82) is 0 Å². The number of furan rings is 1. The number of rotatable bonds is 6. The van der Waals surface area contributed by atoms with Crippen molar-refractivity contribution in [3.05, 3.63) is 102 Å². The number of fused-ring (bicyclic) bond motifs is 1. The van der Waals surface area contributed by atoms with E-state index in [1.807, 2.05) is 90.4 Å². The Labute approximate surface area is 185 Å². The molecule has 0 fully saturated rings. The summed E-state index contributed by atoms with van der Waals surface area (Å²) < 4.78 is 7.54. The number of aromatic nitrogens is 3. The molecule has 32 heavy (non-hydrogen) atoms. The predicted molar refractivity (Wildman–Crippen MR) is 123 cm³/mol.